The summed E-state index contributed by atoms with van der Waals surface area (Å²) in [6.45, 7) is 3.85. The molecule has 1 aromatic carbocycles. The van der Waals surface area contributed by atoms with Gasteiger partial charge in [0, 0.05) is 32.2 Å². The molecule has 0 amide bonds. The summed E-state index contributed by atoms with van der Waals surface area (Å²) in [5, 5.41) is 3.12. The van der Waals surface area contributed by atoms with Gasteiger partial charge in [-0.25, -0.2) is 0 Å². The number of hydrogen-bond donors (Lipinski definition) is 1. The van der Waals surface area contributed by atoms with E-state index in [9.17, 15) is 26.3 Å². The molecule has 2 nitrogen and oxygen atoms in total. The van der Waals surface area contributed by atoms with Crippen molar-refractivity contribution in [3.05, 3.63) is 34.9 Å². The Morgan fingerprint density at radius 2 is 1.59 bits per heavy atom. The second-order valence-electron chi connectivity index (χ2n) is 5.44. The molecule has 1 atom stereocenters. The van der Waals surface area contributed by atoms with Gasteiger partial charge in [-0.05, 0) is 30.7 Å². The quantitative estimate of drug-likeness (QED) is 0.837. The molecule has 124 valence electrons. The monoisotopic (exact) mass is 326 g/mol. The van der Waals surface area contributed by atoms with Crippen molar-refractivity contribution < 1.29 is 26.3 Å². The van der Waals surface area contributed by atoms with Gasteiger partial charge in [0.2, 0.25) is 0 Å². The van der Waals surface area contributed by atoms with Crippen molar-refractivity contribution in [3.63, 3.8) is 0 Å². The number of nitrogens with zero attached hydrogens (tertiary/aromatic N) is 1. The highest BCUT2D eigenvalue weighted by atomic mass is 19.4. The maximum atomic E-state index is 12.8. The lowest BCUT2D eigenvalue weighted by molar-refractivity contribution is -0.143. The van der Waals surface area contributed by atoms with E-state index in [-0.39, 0.29) is 24.2 Å². The molecule has 1 unspecified atom stereocenters. The van der Waals surface area contributed by atoms with E-state index in [2.05, 4.69) is 5.32 Å². The Labute approximate surface area is 124 Å². The normalized spacial score (nSPS) is 21.1. The molecule has 0 radical (unpaired) electrons. The first-order chi connectivity index (χ1) is 10.1. The van der Waals surface area contributed by atoms with E-state index >= 15 is 0 Å². The fourth-order valence-electron chi connectivity index (χ4n) is 2.46. The topological polar surface area (TPSA) is 15.3 Å². The standard InChI is InChI=1S/C14H16F6N2/c1-9-7-21-2-3-22(9)8-10-4-11(13(15,16)17)6-12(5-10)14(18,19)20/h4-6,9,21H,2-3,7-8H2,1H3. The lowest BCUT2D eigenvalue weighted by atomic mass is 10.0. The molecule has 8 heteroatoms. The predicted octanol–water partition coefficient (Wildman–Crippen LogP) is 3.52. The molecular formula is C14H16F6N2. The third kappa shape index (κ3) is 4.13. The van der Waals surface area contributed by atoms with E-state index in [0.29, 0.717) is 19.6 Å². The highest BCUT2D eigenvalue weighted by molar-refractivity contribution is 5.33. The molecule has 1 aromatic rings. The second kappa shape index (κ2) is 6.08. The van der Waals surface area contributed by atoms with Gasteiger partial charge < -0.3 is 5.32 Å². The van der Waals surface area contributed by atoms with E-state index in [1.807, 2.05) is 11.8 Å². The summed E-state index contributed by atoms with van der Waals surface area (Å²) in [5.74, 6) is 0. The van der Waals surface area contributed by atoms with Gasteiger partial charge in [0.05, 0.1) is 11.1 Å². The zero-order valence-electron chi connectivity index (χ0n) is 11.9. The summed E-state index contributed by atoms with van der Waals surface area (Å²) in [5.41, 5.74) is -2.50. The van der Waals surface area contributed by atoms with Crippen LogP contribution >= 0.6 is 0 Å². The van der Waals surface area contributed by atoms with Crippen LogP contribution in [0.3, 0.4) is 0 Å². The Morgan fingerprint density at radius 1 is 1.05 bits per heavy atom. The first kappa shape index (κ1) is 17.1. The van der Waals surface area contributed by atoms with Gasteiger partial charge in [-0.2, -0.15) is 26.3 Å². The van der Waals surface area contributed by atoms with E-state index in [0.717, 1.165) is 12.1 Å². The van der Waals surface area contributed by atoms with Crippen LogP contribution in [0.5, 0.6) is 0 Å². The number of halogens is 6. The van der Waals surface area contributed by atoms with Gasteiger partial charge in [-0.3, -0.25) is 4.90 Å². The highest BCUT2D eigenvalue weighted by Gasteiger charge is 2.37. The van der Waals surface area contributed by atoms with Gasteiger partial charge in [0.15, 0.2) is 0 Å². The molecular weight excluding hydrogens is 310 g/mol. The minimum Gasteiger partial charge on any atom is -0.314 e. The fourth-order valence-corrected chi connectivity index (χ4v) is 2.46. The van der Waals surface area contributed by atoms with Crippen molar-refractivity contribution >= 4 is 0 Å². The first-order valence-corrected chi connectivity index (χ1v) is 6.80. The Hall–Kier alpha value is -1.28. The summed E-state index contributed by atoms with van der Waals surface area (Å²) >= 11 is 0. The SMILES string of the molecule is CC1CNCCN1Cc1cc(C(F)(F)F)cc(C(F)(F)F)c1. The average Bonchev–Trinajstić information content (AvgIpc) is 2.39. The fraction of sp³-hybridized carbons (Fsp3) is 0.571. The average molecular weight is 326 g/mol. The maximum absolute atomic E-state index is 12.8. The molecule has 0 aromatic heterocycles. The van der Waals surface area contributed by atoms with Crippen molar-refractivity contribution in [2.24, 2.45) is 0 Å². The summed E-state index contributed by atoms with van der Waals surface area (Å²) in [4.78, 5) is 1.87. The number of alkyl halides is 6. The number of hydrogen-bond acceptors (Lipinski definition) is 2. The van der Waals surface area contributed by atoms with E-state index < -0.39 is 23.5 Å². The second-order valence-corrected chi connectivity index (χ2v) is 5.44. The van der Waals surface area contributed by atoms with Gasteiger partial charge in [-0.1, -0.05) is 0 Å². The van der Waals surface area contributed by atoms with Crippen molar-refractivity contribution in [2.75, 3.05) is 19.6 Å². The van der Waals surface area contributed by atoms with E-state index in [1.54, 1.807) is 0 Å². The molecule has 1 aliphatic heterocycles. The molecule has 0 aliphatic carbocycles. The molecule has 2 rings (SSSR count). The zero-order valence-corrected chi connectivity index (χ0v) is 11.9. The third-order valence-electron chi connectivity index (χ3n) is 3.67. The largest absolute Gasteiger partial charge is 0.416 e. The van der Waals surface area contributed by atoms with Crippen molar-refractivity contribution in [1.29, 1.82) is 0 Å². The Bertz CT molecular complexity index is 491. The van der Waals surface area contributed by atoms with Crippen molar-refractivity contribution in [3.8, 4) is 0 Å². The summed E-state index contributed by atoms with van der Waals surface area (Å²) in [6, 6.07) is 1.80. The van der Waals surface area contributed by atoms with Crippen LogP contribution in [0.15, 0.2) is 18.2 Å². The molecule has 1 heterocycles. The number of piperazine rings is 1. The van der Waals surface area contributed by atoms with Crippen LogP contribution in [-0.4, -0.2) is 30.6 Å². The molecule has 1 fully saturated rings. The van der Waals surface area contributed by atoms with Crippen molar-refractivity contribution in [1.82, 2.24) is 10.2 Å². The Balaban J connectivity index is 2.33. The van der Waals surface area contributed by atoms with Crippen LogP contribution in [0.25, 0.3) is 0 Å². The van der Waals surface area contributed by atoms with E-state index in [1.165, 1.54) is 0 Å². The van der Waals surface area contributed by atoms with Crippen molar-refractivity contribution in [2.45, 2.75) is 31.9 Å². The Morgan fingerprint density at radius 3 is 2.05 bits per heavy atom. The molecule has 1 saturated heterocycles. The van der Waals surface area contributed by atoms with Gasteiger partial charge >= 0.3 is 12.4 Å². The lowest BCUT2D eigenvalue weighted by Crippen LogP contribution is -2.49. The van der Waals surface area contributed by atoms with E-state index in [4.69, 9.17) is 0 Å². The molecule has 1 N–H and O–H groups in total. The predicted molar refractivity (Wildman–Crippen MR) is 69.2 cm³/mol. The molecule has 0 bridgehead atoms. The Kier molecular flexibility index (Phi) is 4.72. The number of rotatable bonds is 2. The molecule has 0 spiro atoms. The van der Waals surface area contributed by atoms with Crippen LogP contribution in [0.2, 0.25) is 0 Å². The summed E-state index contributed by atoms with van der Waals surface area (Å²) in [7, 11) is 0. The molecule has 0 saturated carbocycles. The maximum Gasteiger partial charge on any atom is 0.416 e. The molecule has 22 heavy (non-hydrogen) atoms. The van der Waals surface area contributed by atoms with Crippen LogP contribution in [0.1, 0.15) is 23.6 Å². The lowest BCUT2D eigenvalue weighted by Gasteiger charge is -2.34. The summed E-state index contributed by atoms with van der Waals surface area (Å²) < 4.78 is 76.8. The minimum atomic E-state index is -4.80. The van der Waals surface area contributed by atoms with Gasteiger partial charge in [0.25, 0.3) is 0 Å². The highest BCUT2D eigenvalue weighted by Crippen LogP contribution is 2.36. The van der Waals surface area contributed by atoms with Crippen LogP contribution in [-0.2, 0) is 18.9 Å². The van der Waals surface area contributed by atoms with Gasteiger partial charge in [-0.15, -0.1) is 0 Å². The smallest absolute Gasteiger partial charge is 0.314 e. The zero-order chi connectivity index (χ0) is 16.5. The summed E-state index contributed by atoms with van der Waals surface area (Å²) in [6.07, 6.45) is -9.60. The number of benzene rings is 1. The molecule has 1 aliphatic rings. The van der Waals surface area contributed by atoms with Crippen LogP contribution in [0.4, 0.5) is 26.3 Å². The third-order valence-corrected chi connectivity index (χ3v) is 3.67. The van der Waals surface area contributed by atoms with Crippen LogP contribution in [0, 0.1) is 0 Å². The minimum absolute atomic E-state index is 0.0240. The van der Waals surface area contributed by atoms with Gasteiger partial charge in [0.1, 0.15) is 0 Å². The van der Waals surface area contributed by atoms with Crippen LogP contribution < -0.4 is 5.32 Å². The number of nitrogens with one attached hydrogen (secondary N) is 1. The first-order valence-electron chi connectivity index (χ1n) is 6.80.